The first-order valence-electron chi connectivity index (χ1n) is 13.5. The number of amides is 1. The third kappa shape index (κ3) is 7.33. The van der Waals surface area contributed by atoms with E-state index in [0.29, 0.717) is 24.6 Å². The van der Waals surface area contributed by atoms with E-state index in [2.05, 4.69) is 5.32 Å². The van der Waals surface area contributed by atoms with Crippen LogP contribution in [0.3, 0.4) is 0 Å². The minimum Gasteiger partial charge on any atom is -0.497 e. The number of carbonyl (C=O) groups is 1. The van der Waals surface area contributed by atoms with Crippen molar-refractivity contribution < 1.29 is 35.8 Å². The molecule has 1 saturated heterocycles. The number of nitrogens with zero attached hydrogens (tertiary/aromatic N) is 2. The van der Waals surface area contributed by atoms with Crippen LogP contribution in [0.2, 0.25) is 0 Å². The molecule has 226 valence electrons. The standard InChI is InChI=1S/C29H35N3O8S2/c1-38-23-10-14-26(15-11-23)42(36,37)32(27-8-4-5-9-28(27)39-2)22-29(33)30-18-21-40-24-12-16-25(17-13-24)41(34,35)31-19-6-3-7-20-31/h4-5,8-17H,3,6-7,18-22H2,1-2H3,(H,30,33). The molecule has 0 radical (unpaired) electrons. The predicted molar refractivity (Wildman–Crippen MR) is 158 cm³/mol. The second-order valence-corrected chi connectivity index (χ2v) is 13.3. The Bertz CT molecular complexity index is 1560. The van der Waals surface area contributed by atoms with Crippen LogP contribution >= 0.6 is 0 Å². The molecular weight excluding hydrogens is 582 g/mol. The fourth-order valence-electron chi connectivity index (χ4n) is 4.52. The van der Waals surface area contributed by atoms with E-state index in [1.165, 1.54) is 54.9 Å². The third-order valence-electron chi connectivity index (χ3n) is 6.76. The van der Waals surface area contributed by atoms with Gasteiger partial charge in [0.15, 0.2) is 0 Å². The number of para-hydroxylation sites is 2. The minimum atomic E-state index is -4.15. The van der Waals surface area contributed by atoms with E-state index >= 15 is 0 Å². The maximum absolute atomic E-state index is 13.6. The minimum absolute atomic E-state index is 0.0175. The van der Waals surface area contributed by atoms with Crippen LogP contribution in [0.1, 0.15) is 19.3 Å². The van der Waals surface area contributed by atoms with Crippen molar-refractivity contribution in [2.24, 2.45) is 0 Å². The van der Waals surface area contributed by atoms with E-state index in [4.69, 9.17) is 14.2 Å². The number of rotatable bonds is 13. The number of anilines is 1. The van der Waals surface area contributed by atoms with E-state index in [-0.39, 0.29) is 34.4 Å². The van der Waals surface area contributed by atoms with Crippen molar-refractivity contribution in [3.63, 3.8) is 0 Å². The van der Waals surface area contributed by atoms with Crippen LogP contribution in [0.5, 0.6) is 17.2 Å². The van der Waals surface area contributed by atoms with Gasteiger partial charge in [0.25, 0.3) is 10.0 Å². The highest BCUT2D eigenvalue weighted by molar-refractivity contribution is 7.93. The highest BCUT2D eigenvalue weighted by Crippen LogP contribution is 2.32. The maximum Gasteiger partial charge on any atom is 0.264 e. The molecular formula is C29H35N3O8S2. The highest BCUT2D eigenvalue weighted by Gasteiger charge is 2.29. The van der Waals surface area contributed by atoms with Gasteiger partial charge in [-0.25, -0.2) is 16.8 Å². The molecule has 42 heavy (non-hydrogen) atoms. The van der Waals surface area contributed by atoms with Gasteiger partial charge in [-0.1, -0.05) is 18.6 Å². The molecule has 3 aromatic carbocycles. The lowest BCUT2D eigenvalue weighted by atomic mass is 10.2. The lowest BCUT2D eigenvalue weighted by Gasteiger charge is -2.26. The first-order valence-corrected chi connectivity index (χ1v) is 16.3. The fourth-order valence-corrected chi connectivity index (χ4v) is 7.47. The summed E-state index contributed by atoms with van der Waals surface area (Å²) in [6.07, 6.45) is 2.75. The summed E-state index contributed by atoms with van der Waals surface area (Å²) in [6.45, 7) is 0.725. The van der Waals surface area contributed by atoms with Gasteiger partial charge in [0.1, 0.15) is 30.4 Å². The summed E-state index contributed by atoms with van der Waals surface area (Å²) in [5.74, 6) is 0.675. The Balaban J connectivity index is 1.38. The van der Waals surface area contributed by atoms with E-state index in [0.717, 1.165) is 23.6 Å². The number of piperidine rings is 1. The lowest BCUT2D eigenvalue weighted by Crippen LogP contribution is -2.42. The van der Waals surface area contributed by atoms with Crippen LogP contribution in [-0.4, -0.2) is 74.1 Å². The van der Waals surface area contributed by atoms with Gasteiger partial charge in [-0.05, 0) is 73.5 Å². The van der Waals surface area contributed by atoms with Gasteiger partial charge in [0.2, 0.25) is 15.9 Å². The average Bonchev–Trinajstić information content (AvgIpc) is 3.02. The first kappa shape index (κ1) is 31.1. The number of hydrogen-bond donors (Lipinski definition) is 1. The summed E-state index contributed by atoms with van der Waals surface area (Å²) in [5, 5.41) is 2.68. The summed E-state index contributed by atoms with van der Waals surface area (Å²) in [5.41, 5.74) is 0.210. The number of carbonyl (C=O) groups excluding carboxylic acids is 1. The molecule has 0 aliphatic carbocycles. The Morgan fingerprint density at radius 3 is 2.07 bits per heavy atom. The normalized spacial score (nSPS) is 14.1. The summed E-state index contributed by atoms with van der Waals surface area (Å²) in [4.78, 5) is 13.1. The topological polar surface area (TPSA) is 132 Å². The molecule has 0 spiro atoms. The van der Waals surface area contributed by atoms with E-state index in [9.17, 15) is 21.6 Å². The Kier molecular flexibility index (Phi) is 10.3. The van der Waals surface area contributed by atoms with Gasteiger partial charge < -0.3 is 19.5 Å². The Labute approximate surface area is 247 Å². The van der Waals surface area contributed by atoms with E-state index < -0.39 is 32.5 Å². The SMILES string of the molecule is COc1ccc(S(=O)(=O)N(CC(=O)NCCOc2ccc(S(=O)(=O)N3CCCCC3)cc2)c2ccccc2OC)cc1. The monoisotopic (exact) mass is 617 g/mol. The van der Waals surface area contributed by atoms with Crippen LogP contribution in [0, 0.1) is 0 Å². The van der Waals surface area contributed by atoms with Crippen LogP contribution in [0.4, 0.5) is 5.69 Å². The number of ether oxygens (including phenoxy) is 3. The fraction of sp³-hybridized carbons (Fsp3) is 0.345. The van der Waals surface area contributed by atoms with Crippen LogP contribution < -0.4 is 23.8 Å². The van der Waals surface area contributed by atoms with Crippen molar-refractivity contribution in [2.45, 2.75) is 29.1 Å². The zero-order chi connectivity index (χ0) is 30.2. The Hall–Kier alpha value is -3.81. The molecule has 1 N–H and O–H groups in total. The molecule has 11 nitrogen and oxygen atoms in total. The van der Waals surface area contributed by atoms with Crippen molar-refractivity contribution >= 4 is 31.6 Å². The third-order valence-corrected chi connectivity index (χ3v) is 10.4. The van der Waals surface area contributed by atoms with Crippen molar-refractivity contribution in [3.05, 3.63) is 72.8 Å². The summed E-state index contributed by atoms with van der Waals surface area (Å²) < 4.78 is 71.6. The molecule has 0 unspecified atom stereocenters. The highest BCUT2D eigenvalue weighted by atomic mass is 32.2. The summed E-state index contributed by atoms with van der Waals surface area (Å²) in [7, 11) is -4.79. The second-order valence-electron chi connectivity index (χ2n) is 9.49. The zero-order valence-electron chi connectivity index (χ0n) is 23.6. The van der Waals surface area contributed by atoms with Crippen molar-refractivity contribution in [3.8, 4) is 17.2 Å². The number of nitrogens with one attached hydrogen (secondary N) is 1. The number of hydrogen-bond acceptors (Lipinski definition) is 8. The molecule has 0 atom stereocenters. The van der Waals surface area contributed by atoms with Gasteiger partial charge in [-0.3, -0.25) is 9.10 Å². The van der Waals surface area contributed by atoms with Crippen LogP contribution in [-0.2, 0) is 24.8 Å². The second kappa shape index (κ2) is 13.9. The molecule has 1 heterocycles. The zero-order valence-corrected chi connectivity index (χ0v) is 25.2. The Morgan fingerprint density at radius 1 is 0.810 bits per heavy atom. The molecule has 1 fully saturated rings. The largest absolute Gasteiger partial charge is 0.497 e. The van der Waals surface area contributed by atoms with Gasteiger partial charge in [0.05, 0.1) is 36.2 Å². The molecule has 0 bridgehead atoms. The van der Waals surface area contributed by atoms with Crippen LogP contribution in [0.15, 0.2) is 82.6 Å². The number of methoxy groups -OCH3 is 2. The Morgan fingerprint density at radius 2 is 1.43 bits per heavy atom. The quantitative estimate of drug-likeness (QED) is 0.289. The molecule has 0 aromatic heterocycles. The molecule has 4 rings (SSSR count). The molecule has 0 saturated carbocycles. The lowest BCUT2D eigenvalue weighted by molar-refractivity contribution is -0.119. The van der Waals surface area contributed by atoms with Gasteiger partial charge in [-0.15, -0.1) is 0 Å². The van der Waals surface area contributed by atoms with E-state index in [1.807, 2.05) is 0 Å². The molecule has 1 aliphatic rings. The number of sulfonamides is 2. The van der Waals surface area contributed by atoms with E-state index in [1.54, 1.807) is 36.4 Å². The van der Waals surface area contributed by atoms with Crippen molar-refractivity contribution in [2.75, 3.05) is 51.3 Å². The first-order chi connectivity index (χ1) is 20.2. The van der Waals surface area contributed by atoms with Crippen molar-refractivity contribution in [1.82, 2.24) is 9.62 Å². The molecule has 1 amide bonds. The van der Waals surface area contributed by atoms with Gasteiger partial charge >= 0.3 is 0 Å². The van der Waals surface area contributed by atoms with Gasteiger partial charge in [0, 0.05) is 13.1 Å². The average molecular weight is 618 g/mol. The smallest absolute Gasteiger partial charge is 0.264 e. The maximum atomic E-state index is 13.6. The van der Waals surface area contributed by atoms with Gasteiger partial charge in [-0.2, -0.15) is 4.31 Å². The molecule has 1 aliphatic heterocycles. The summed E-state index contributed by atoms with van der Waals surface area (Å²) >= 11 is 0. The molecule has 3 aromatic rings. The summed E-state index contributed by atoms with van der Waals surface area (Å²) in [6, 6.07) is 18.6. The van der Waals surface area contributed by atoms with Crippen molar-refractivity contribution in [1.29, 1.82) is 0 Å². The predicted octanol–water partition coefficient (Wildman–Crippen LogP) is 3.27. The molecule has 13 heteroatoms. The number of benzene rings is 3. The van der Waals surface area contributed by atoms with Crippen LogP contribution in [0.25, 0.3) is 0 Å².